The van der Waals surface area contributed by atoms with Crippen LogP contribution in [0.4, 0.5) is 0 Å². The van der Waals surface area contributed by atoms with Gasteiger partial charge in [-0.3, -0.25) is 14.5 Å². The number of rotatable bonds is 7. The first-order chi connectivity index (χ1) is 11.7. The molecular formula is C17H33IN6O2. The number of methoxy groups -OCH3 is 1. The summed E-state index contributed by atoms with van der Waals surface area (Å²) in [7, 11) is 3.36. The van der Waals surface area contributed by atoms with E-state index in [0.29, 0.717) is 19.1 Å². The standard InChI is InChI=1S/C17H32N6O2.HI/c1-12-14(13(2)23(22-12)8-9-25-7)10-19-16(18-6)20-11-15(24)21-17(3,4)5;/h8-11H2,1-7H3,(H,21,24)(H2,18,19,20);1H. The number of ether oxygens (including phenoxy) is 1. The fourth-order valence-corrected chi connectivity index (χ4v) is 2.40. The molecule has 1 rings (SSSR count). The second kappa shape index (κ2) is 11.4. The van der Waals surface area contributed by atoms with Crippen LogP contribution in [0.25, 0.3) is 0 Å². The summed E-state index contributed by atoms with van der Waals surface area (Å²) in [6.45, 7) is 12.0. The van der Waals surface area contributed by atoms with Gasteiger partial charge in [0.15, 0.2) is 5.96 Å². The lowest BCUT2D eigenvalue weighted by atomic mass is 10.1. The Morgan fingerprint density at radius 1 is 1.27 bits per heavy atom. The van der Waals surface area contributed by atoms with E-state index < -0.39 is 0 Å². The molecule has 0 bridgehead atoms. The molecule has 0 aliphatic rings. The molecule has 0 saturated carbocycles. The van der Waals surface area contributed by atoms with Gasteiger partial charge in [0.05, 0.1) is 25.4 Å². The monoisotopic (exact) mass is 480 g/mol. The second-order valence-electron chi connectivity index (χ2n) is 6.94. The smallest absolute Gasteiger partial charge is 0.239 e. The number of carbonyl (C=O) groups is 1. The van der Waals surface area contributed by atoms with Crippen LogP contribution in [0.2, 0.25) is 0 Å². The molecule has 0 atom stereocenters. The maximum Gasteiger partial charge on any atom is 0.239 e. The average molecular weight is 480 g/mol. The van der Waals surface area contributed by atoms with Gasteiger partial charge >= 0.3 is 0 Å². The Morgan fingerprint density at radius 3 is 2.46 bits per heavy atom. The Labute approximate surface area is 173 Å². The number of carbonyl (C=O) groups excluding carboxylic acids is 1. The maximum absolute atomic E-state index is 11.9. The average Bonchev–Trinajstić information content (AvgIpc) is 2.78. The number of guanidine groups is 1. The van der Waals surface area contributed by atoms with Gasteiger partial charge in [0.2, 0.25) is 5.91 Å². The predicted octanol–water partition coefficient (Wildman–Crippen LogP) is 1.34. The lowest BCUT2D eigenvalue weighted by molar-refractivity contribution is -0.121. The predicted molar refractivity (Wildman–Crippen MR) is 115 cm³/mol. The van der Waals surface area contributed by atoms with Crippen LogP contribution in [0.3, 0.4) is 0 Å². The third-order valence-corrected chi connectivity index (χ3v) is 3.63. The topological polar surface area (TPSA) is 92.6 Å². The molecule has 1 amide bonds. The van der Waals surface area contributed by atoms with E-state index in [4.69, 9.17) is 4.74 Å². The Kier molecular flexibility index (Phi) is 10.8. The van der Waals surface area contributed by atoms with Crippen LogP contribution in [-0.4, -0.2) is 54.5 Å². The molecule has 1 heterocycles. The minimum absolute atomic E-state index is 0. The third-order valence-electron chi connectivity index (χ3n) is 3.63. The maximum atomic E-state index is 11.9. The molecule has 0 aromatic carbocycles. The minimum Gasteiger partial charge on any atom is -0.383 e. The molecular weight excluding hydrogens is 447 g/mol. The molecule has 0 aliphatic carbocycles. The highest BCUT2D eigenvalue weighted by Gasteiger charge is 2.15. The number of hydrogen-bond acceptors (Lipinski definition) is 4. The fraction of sp³-hybridized carbons (Fsp3) is 0.706. The number of aryl methyl sites for hydroxylation is 1. The largest absolute Gasteiger partial charge is 0.383 e. The molecule has 9 heteroatoms. The zero-order valence-electron chi connectivity index (χ0n) is 16.9. The first-order valence-corrected chi connectivity index (χ1v) is 8.45. The first kappa shape index (κ1) is 24.6. The molecule has 3 N–H and O–H groups in total. The van der Waals surface area contributed by atoms with Gasteiger partial charge < -0.3 is 20.7 Å². The molecule has 0 aliphatic heterocycles. The number of aromatic nitrogens is 2. The molecule has 26 heavy (non-hydrogen) atoms. The normalized spacial score (nSPS) is 11.7. The highest BCUT2D eigenvalue weighted by molar-refractivity contribution is 14.0. The summed E-state index contributed by atoms with van der Waals surface area (Å²) in [4.78, 5) is 16.0. The van der Waals surface area contributed by atoms with Crippen molar-refractivity contribution < 1.29 is 9.53 Å². The summed E-state index contributed by atoms with van der Waals surface area (Å²) in [5, 5.41) is 13.7. The number of nitrogens with one attached hydrogen (secondary N) is 3. The van der Waals surface area contributed by atoms with Crippen LogP contribution >= 0.6 is 24.0 Å². The van der Waals surface area contributed by atoms with Crippen LogP contribution in [0.5, 0.6) is 0 Å². The number of hydrogen-bond donors (Lipinski definition) is 3. The zero-order chi connectivity index (χ0) is 19.0. The highest BCUT2D eigenvalue weighted by atomic mass is 127. The van der Waals surface area contributed by atoms with Crippen LogP contribution in [0, 0.1) is 13.8 Å². The van der Waals surface area contributed by atoms with Gasteiger partial charge in [-0.1, -0.05) is 0 Å². The van der Waals surface area contributed by atoms with E-state index in [1.807, 2.05) is 39.3 Å². The van der Waals surface area contributed by atoms with Gasteiger partial charge in [0.25, 0.3) is 0 Å². The zero-order valence-corrected chi connectivity index (χ0v) is 19.2. The van der Waals surface area contributed by atoms with E-state index in [1.54, 1.807) is 14.2 Å². The first-order valence-electron chi connectivity index (χ1n) is 8.45. The fourth-order valence-electron chi connectivity index (χ4n) is 2.40. The summed E-state index contributed by atoms with van der Waals surface area (Å²) in [5.74, 6) is 0.502. The van der Waals surface area contributed by atoms with E-state index in [1.165, 1.54) is 0 Å². The third kappa shape index (κ3) is 8.35. The van der Waals surface area contributed by atoms with E-state index >= 15 is 0 Å². The van der Waals surface area contributed by atoms with Crippen molar-refractivity contribution in [3.8, 4) is 0 Å². The minimum atomic E-state index is -0.249. The van der Waals surface area contributed by atoms with E-state index in [0.717, 1.165) is 23.5 Å². The number of aliphatic imine (C=N–C) groups is 1. The van der Waals surface area contributed by atoms with Crippen molar-refractivity contribution in [1.29, 1.82) is 0 Å². The molecule has 0 saturated heterocycles. The SMILES string of the molecule is CN=C(NCC(=O)NC(C)(C)C)NCc1c(C)nn(CCOC)c1C.I. The van der Waals surface area contributed by atoms with Gasteiger partial charge in [0.1, 0.15) is 0 Å². The number of halogens is 1. The van der Waals surface area contributed by atoms with Crippen LogP contribution in [-0.2, 0) is 22.6 Å². The van der Waals surface area contributed by atoms with Crippen molar-refractivity contribution in [3.05, 3.63) is 17.0 Å². The van der Waals surface area contributed by atoms with Gasteiger partial charge in [-0.05, 0) is 34.6 Å². The lowest BCUT2D eigenvalue weighted by Crippen LogP contribution is -2.48. The summed E-state index contributed by atoms with van der Waals surface area (Å²) in [5.41, 5.74) is 2.95. The second-order valence-corrected chi connectivity index (χ2v) is 6.94. The van der Waals surface area contributed by atoms with Crippen molar-refractivity contribution in [3.63, 3.8) is 0 Å². The van der Waals surface area contributed by atoms with Gasteiger partial charge in [-0.25, -0.2) is 0 Å². The molecule has 0 unspecified atom stereocenters. The Hall–Kier alpha value is -1.36. The van der Waals surface area contributed by atoms with Crippen molar-refractivity contribution >= 4 is 35.8 Å². The molecule has 8 nitrogen and oxygen atoms in total. The Balaban J connectivity index is 0.00000625. The quantitative estimate of drug-likeness (QED) is 0.311. The molecule has 150 valence electrons. The number of amides is 1. The summed E-state index contributed by atoms with van der Waals surface area (Å²) in [6.07, 6.45) is 0. The van der Waals surface area contributed by atoms with Gasteiger partial charge in [0, 0.05) is 37.5 Å². The lowest BCUT2D eigenvalue weighted by Gasteiger charge is -2.21. The molecule has 0 fully saturated rings. The Morgan fingerprint density at radius 2 is 1.92 bits per heavy atom. The van der Waals surface area contributed by atoms with Crippen molar-refractivity contribution in [2.75, 3.05) is 27.3 Å². The van der Waals surface area contributed by atoms with Crippen LogP contribution < -0.4 is 16.0 Å². The van der Waals surface area contributed by atoms with Crippen molar-refractivity contribution in [2.24, 2.45) is 4.99 Å². The molecule has 0 radical (unpaired) electrons. The summed E-state index contributed by atoms with van der Waals surface area (Å²) >= 11 is 0. The molecule has 1 aromatic heterocycles. The van der Waals surface area contributed by atoms with Gasteiger partial charge in [-0.15, -0.1) is 24.0 Å². The Bertz CT molecular complexity index is 607. The molecule has 1 aromatic rings. The van der Waals surface area contributed by atoms with Crippen molar-refractivity contribution in [1.82, 2.24) is 25.7 Å². The van der Waals surface area contributed by atoms with Crippen molar-refractivity contribution in [2.45, 2.75) is 53.2 Å². The van der Waals surface area contributed by atoms with E-state index in [-0.39, 0.29) is 42.0 Å². The summed E-state index contributed by atoms with van der Waals surface area (Å²) in [6, 6.07) is 0. The van der Waals surface area contributed by atoms with E-state index in [2.05, 4.69) is 26.0 Å². The highest BCUT2D eigenvalue weighted by Crippen LogP contribution is 2.12. The number of nitrogens with zero attached hydrogens (tertiary/aromatic N) is 3. The van der Waals surface area contributed by atoms with Crippen LogP contribution in [0.1, 0.15) is 37.7 Å². The van der Waals surface area contributed by atoms with E-state index in [9.17, 15) is 4.79 Å². The van der Waals surface area contributed by atoms with Crippen LogP contribution in [0.15, 0.2) is 4.99 Å². The van der Waals surface area contributed by atoms with Gasteiger partial charge in [-0.2, -0.15) is 5.10 Å². The summed E-state index contributed by atoms with van der Waals surface area (Å²) < 4.78 is 7.06. The molecule has 0 spiro atoms.